The minimum absolute atomic E-state index is 0.141. The number of nitrogens with zero attached hydrogens (tertiary/aromatic N) is 2. The molecule has 94 valence electrons. The van der Waals surface area contributed by atoms with Crippen LogP contribution in [0.5, 0.6) is 0 Å². The first kappa shape index (κ1) is 12.6. The van der Waals surface area contributed by atoms with Crippen molar-refractivity contribution < 1.29 is 15.0 Å². The van der Waals surface area contributed by atoms with E-state index in [1.165, 1.54) is 4.90 Å². The molecule has 0 aliphatic carbocycles. The lowest BCUT2D eigenvalue weighted by Gasteiger charge is -2.45. The van der Waals surface area contributed by atoms with Gasteiger partial charge in [0.1, 0.15) is 5.60 Å². The highest BCUT2D eigenvalue weighted by Gasteiger charge is 2.43. The Morgan fingerprint density at radius 1 is 1.56 bits per heavy atom. The Kier molecular flexibility index (Phi) is 3.07. The molecule has 2 N–H and O–H groups in total. The summed E-state index contributed by atoms with van der Waals surface area (Å²) in [6, 6.07) is 6.89. The van der Waals surface area contributed by atoms with Crippen LogP contribution in [0.25, 0.3) is 0 Å². The average molecular weight is 246 g/mol. The largest absolute Gasteiger partial charge is 0.393 e. The summed E-state index contributed by atoms with van der Waals surface area (Å²) in [7, 11) is 0. The van der Waals surface area contributed by atoms with E-state index in [0.717, 1.165) is 5.56 Å². The molecule has 0 radical (unpaired) electrons. The zero-order valence-electron chi connectivity index (χ0n) is 10.1. The number of hydrogen-bond donors (Lipinski definition) is 2. The molecule has 1 heterocycles. The maximum absolute atomic E-state index is 12.1. The van der Waals surface area contributed by atoms with Crippen LogP contribution in [0.3, 0.4) is 0 Å². The Morgan fingerprint density at radius 3 is 2.72 bits per heavy atom. The van der Waals surface area contributed by atoms with Gasteiger partial charge in [0.2, 0.25) is 0 Å². The zero-order chi connectivity index (χ0) is 13.3. The van der Waals surface area contributed by atoms with Crippen LogP contribution in [-0.2, 0) is 0 Å². The number of carbonyl (C=O) groups excluding carboxylic acids is 1. The van der Waals surface area contributed by atoms with Crippen LogP contribution < -0.4 is 0 Å². The lowest BCUT2D eigenvalue weighted by atomic mass is 9.93. The Labute approximate surface area is 105 Å². The zero-order valence-corrected chi connectivity index (χ0v) is 10.1. The van der Waals surface area contributed by atoms with Crippen molar-refractivity contribution in [1.29, 1.82) is 5.26 Å². The van der Waals surface area contributed by atoms with Gasteiger partial charge in [0.25, 0.3) is 5.91 Å². The van der Waals surface area contributed by atoms with Gasteiger partial charge in [0, 0.05) is 5.56 Å². The van der Waals surface area contributed by atoms with E-state index in [9.17, 15) is 9.90 Å². The Bertz CT molecular complexity index is 528. The summed E-state index contributed by atoms with van der Waals surface area (Å²) < 4.78 is 0. The smallest absolute Gasteiger partial charge is 0.254 e. The van der Waals surface area contributed by atoms with E-state index in [4.69, 9.17) is 10.4 Å². The number of likely N-dealkylation sites (tertiary alicyclic amines) is 1. The van der Waals surface area contributed by atoms with Crippen molar-refractivity contribution in [1.82, 2.24) is 4.90 Å². The quantitative estimate of drug-likeness (QED) is 0.772. The Morgan fingerprint density at radius 2 is 2.22 bits per heavy atom. The van der Waals surface area contributed by atoms with E-state index in [0.29, 0.717) is 11.1 Å². The monoisotopic (exact) mass is 246 g/mol. The van der Waals surface area contributed by atoms with Gasteiger partial charge in [0.05, 0.1) is 31.3 Å². The van der Waals surface area contributed by atoms with Crippen LogP contribution in [-0.4, -0.2) is 46.3 Å². The summed E-state index contributed by atoms with van der Waals surface area (Å²) in [5.74, 6) is -0.185. The number of β-amino-alcohol motifs (C(OH)–C–C–N with tert-alkyl or cyclic N) is 1. The van der Waals surface area contributed by atoms with Gasteiger partial charge in [-0.15, -0.1) is 0 Å². The molecule has 5 nitrogen and oxygen atoms in total. The Hall–Kier alpha value is -1.90. The number of aliphatic hydroxyl groups is 2. The summed E-state index contributed by atoms with van der Waals surface area (Å²) in [6.45, 7) is 1.71. The molecule has 0 saturated carbocycles. The van der Waals surface area contributed by atoms with Crippen LogP contribution in [0.1, 0.15) is 21.5 Å². The SMILES string of the molecule is Cc1cc(C#N)ccc1C(=O)N1CC(O)(CO)C1. The molecule has 1 aromatic carbocycles. The van der Waals surface area contributed by atoms with Gasteiger partial charge in [-0.2, -0.15) is 5.26 Å². The highest BCUT2D eigenvalue weighted by molar-refractivity contribution is 5.96. The number of benzene rings is 1. The highest BCUT2D eigenvalue weighted by atomic mass is 16.3. The molecule has 1 saturated heterocycles. The van der Waals surface area contributed by atoms with Crippen molar-refractivity contribution in [3.63, 3.8) is 0 Å². The lowest BCUT2D eigenvalue weighted by Crippen LogP contribution is -2.65. The first-order chi connectivity index (χ1) is 8.49. The minimum Gasteiger partial charge on any atom is -0.393 e. The van der Waals surface area contributed by atoms with Gasteiger partial charge >= 0.3 is 0 Å². The third-order valence-electron chi connectivity index (χ3n) is 3.14. The van der Waals surface area contributed by atoms with Crippen molar-refractivity contribution in [2.24, 2.45) is 0 Å². The molecule has 1 aliphatic heterocycles. The number of rotatable bonds is 2. The van der Waals surface area contributed by atoms with Crippen molar-refractivity contribution in [3.8, 4) is 6.07 Å². The number of nitriles is 1. The second-order valence-electron chi connectivity index (χ2n) is 4.69. The standard InChI is InChI=1S/C13H14N2O3/c1-9-4-10(5-14)2-3-11(9)12(17)15-6-13(18,7-15)8-16/h2-4,16,18H,6-8H2,1H3. The molecule has 0 atom stereocenters. The maximum atomic E-state index is 12.1. The third-order valence-corrected chi connectivity index (χ3v) is 3.14. The molecule has 0 aromatic heterocycles. The van der Waals surface area contributed by atoms with E-state index in [-0.39, 0.29) is 25.6 Å². The van der Waals surface area contributed by atoms with Gasteiger partial charge in [-0.3, -0.25) is 4.79 Å². The maximum Gasteiger partial charge on any atom is 0.254 e. The van der Waals surface area contributed by atoms with Gasteiger partial charge in [-0.1, -0.05) is 0 Å². The molecule has 1 aliphatic rings. The molecule has 0 unspecified atom stereocenters. The molecule has 1 aromatic rings. The van der Waals surface area contributed by atoms with E-state index in [1.807, 2.05) is 6.07 Å². The van der Waals surface area contributed by atoms with Crippen molar-refractivity contribution in [2.75, 3.05) is 19.7 Å². The number of aryl methyl sites for hydroxylation is 1. The number of amides is 1. The van der Waals surface area contributed by atoms with E-state index >= 15 is 0 Å². The topological polar surface area (TPSA) is 84.6 Å². The van der Waals surface area contributed by atoms with Gasteiger partial charge in [-0.25, -0.2) is 0 Å². The molecule has 0 bridgehead atoms. The van der Waals surface area contributed by atoms with Gasteiger partial charge in [-0.05, 0) is 30.7 Å². The second-order valence-corrected chi connectivity index (χ2v) is 4.69. The van der Waals surface area contributed by atoms with Crippen LogP contribution in [0.15, 0.2) is 18.2 Å². The van der Waals surface area contributed by atoms with Crippen LogP contribution in [0, 0.1) is 18.3 Å². The van der Waals surface area contributed by atoms with Crippen molar-refractivity contribution >= 4 is 5.91 Å². The lowest BCUT2D eigenvalue weighted by molar-refractivity contribution is -0.109. The molecular weight excluding hydrogens is 232 g/mol. The fourth-order valence-corrected chi connectivity index (χ4v) is 2.05. The highest BCUT2D eigenvalue weighted by Crippen LogP contribution is 2.23. The summed E-state index contributed by atoms with van der Waals surface area (Å²) in [6.07, 6.45) is 0. The summed E-state index contributed by atoms with van der Waals surface area (Å²) >= 11 is 0. The van der Waals surface area contributed by atoms with Crippen LogP contribution >= 0.6 is 0 Å². The normalized spacial score (nSPS) is 16.9. The van der Waals surface area contributed by atoms with E-state index in [1.54, 1.807) is 25.1 Å². The fourth-order valence-electron chi connectivity index (χ4n) is 2.05. The predicted octanol–water partition coefficient (Wildman–Crippen LogP) is 0.0459. The third kappa shape index (κ3) is 2.08. The average Bonchev–Trinajstić information content (AvgIpc) is 2.34. The van der Waals surface area contributed by atoms with Crippen molar-refractivity contribution in [3.05, 3.63) is 34.9 Å². The molecule has 2 rings (SSSR count). The number of aliphatic hydroxyl groups excluding tert-OH is 1. The Balaban J connectivity index is 2.14. The molecular formula is C13H14N2O3. The van der Waals surface area contributed by atoms with E-state index in [2.05, 4.69) is 0 Å². The first-order valence-electron chi connectivity index (χ1n) is 5.62. The molecule has 18 heavy (non-hydrogen) atoms. The summed E-state index contributed by atoms with van der Waals surface area (Å²) in [4.78, 5) is 13.6. The van der Waals surface area contributed by atoms with E-state index < -0.39 is 5.60 Å². The van der Waals surface area contributed by atoms with Gasteiger partial charge < -0.3 is 15.1 Å². The molecule has 0 spiro atoms. The van der Waals surface area contributed by atoms with Crippen molar-refractivity contribution in [2.45, 2.75) is 12.5 Å². The first-order valence-corrected chi connectivity index (χ1v) is 5.62. The predicted molar refractivity (Wildman–Crippen MR) is 63.8 cm³/mol. The fraction of sp³-hybridized carbons (Fsp3) is 0.385. The molecule has 1 fully saturated rings. The number of hydrogen-bond acceptors (Lipinski definition) is 4. The molecule has 1 amide bonds. The molecule has 5 heteroatoms. The summed E-state index contributed by atoms with van der Waals surface area (Å²) in [5, 5.41) is 27.3. The van der Waals surface area contributed by atoms with Gasteiger partial charge in [0.15, 0.2) is 0 Å². The summed E-state index contributed by atoms with van der Waals surface area (Å²) in [5.41, 5.74) is 0.614. The second kappa shape index (κ2) is 4.41. The van der Waals surface area contributed by atoms with Crippen LogP contribution in [0.4, 0.5) is 0 Å². The minimum atomic E-state index is -1.16. The van der Waals surface area contributed by atoms with Crippen LogP contribution in [0.2, 0.25) is 0 Å². The number of carbonyl (C=O) groups is 1.